The molecular formula is C23H26F3IN4O5. The smallest absolute Gasteiger partial charge is 0.277 e. The number of nitrogens with one attached hydrogen (secondary N) is 2. The SMILES string of the molecule is O=C(NOCCO)c1cc(C=NOCCN2CCCC2CO)c(F)c(F)c1Nc1ccc(I)cc1F. The molecule has 1 aliphatic rings. The summed E-state index contributed by atoms with van der Waals surface area (Å²) in [5.41, 5.74) is 0.450. The van der Waals surface area contributed by atoms with Crippen molar-refractivity contribution in [3.05, 3.63) is 56.4 Å². The lowest BCUT2D eigenvalue weighted by atomic mass is 10.1. The maximum absolute atomic E-state index is 15.1. The Kier molecular flexibility index (Phi) is 10.7. The highest BCUT2D eigenvalue weighted by Crippen LogP contribution is 2.30. The van der Waals surface area contributed by atoms with Crippen LogP contribution in [0.4, 0.5) is 24.5 Å². The van der Waals surface area contributed by atoms with E-state index in [4.69, 9.17) is 14.8 Å². The molecule has 9 nitrogen and oxygen atoms in total. The van der Waals surface area contributed by atoms with Crippen LogP contribution in [-0.2, 0) is 9.68 Å². The number of hydrogen-bond donors (Lipinski definition) is 4. The average Bonchev–Trinajstić information content (AvgIpc) is 3.32. The third-order valence-electron chi connectivity index (χ3n) is 5.47. The van der Waals surface area contributed by atoms with Gasteiger partial charge in [-0.3, -0.25) is 14.5 Å². The lowest BCUT2D eigenvalue weighted by Crippen LogP contribution is -2.34. The third-order valence-corrected chi connectivity index (χ3v) is 6.15. The fourth-order valence-electron chi connectivity index (χ4n) is 3.68. The van der Waals surface area contributed by atoms with E-state index in [1.807, 2.05) is 28.1 Å². The van der Waals surface area contributed by atoms with E-state index in [1.54, 1.807) is 6.07 Å². The molecule has 1 atom stereocenters. The molecular weight excluding hydrogens is 596 g/mol. The van der Waals surface area contributed by atoms with E-state index in [-0.39, 0.29) is 43.7 Å². The van der Waals surface area contributed by atoms with Crippen molar-refractivity contribution >= 4 is 46.1 Å². The first-order chi connectivity index (χ1) is 17.3. The first kappa shape index (κ1) is 28.1. The van der Waals surface area contributed by atoms with Crippen molar-refractivity contribution in [2.75, 3.05) is 44.8 Å². The van der Waals surface area contributed by atoms with Crippen molar-refractivity contribution in [2.24, 2.45) is 5.16 Å². The number of rotatable bonds is 12. The number of nitrogens with zero attached hydrogens (tertiary/aromatic N) is 2. The van der Waals surface area contributed by atoms with Gasteiger partial charge >= 0.3 is 0 Å². The van der Waals surface area contributed by atoms with Gasteiger partial charge in [0.25, 0.3) is 5.91 Å². The van der Waals surface area contributed by atoms with E-state index in [0.29, 0.717) is 10.1 Å². The van der Waals surface area contributed by atoms with Crippen LogP contribution in [0, 0.1) is 21.0 Å². The number of oxime groups is 1. The summed E-state index contributed by atoms with van der Waals surface area (Å²) in [5.74, 6) is -4.46. The number of carbonyl (C=O) groups is 1. The molecule has 0 spiro atoms. The number of anilines is 2. The van der Waals surface area contributed by atoms with Crippen LogP contribution < -0.4 is 10.8 Å². The van der Waals surface area contributed by atoms with Crippen molar-refractivity contribution in [3.8, 4) is 0 Å². The molecule has 0 radical (unpaired) electrons. The molecule has 1 amide bonds. The van der Waals surface area contributed by atoms with Crippen molar-refractivity contribution < 1.29 is 37.9 Å². The molecule has 36 heavy (non-hydrogen) atoms. The molecule has 0 aliphatic carbocycles. The number of likely N-dealkylation sites (tertiary alicyclic amines) is 1. The highest BCUT2D eigenvalue weighted by Gasteiger charge is 2.24. The van der Waals surface area contributed by atoms with Gasteiger partial charge in [-0.2, -0.15) is 0 Å². The predicted octanol–water partition coefficient (Wildman–Crippen LogP) is 2.91. The molecule has 1 aliphatic heterocycles. The summed E-state index contributed by atoms with van der Waals surface area (Å²) in [6.45, 7) is 0.908. The van der Waals surface area contributed by atoms with Crippen molar-refractivity contribution in [1.29, 1.82) is 0 Å². The van der Waals surface area contributed by atoms with Gasteiger partial charge in [0.2, 0.25) is 0 Å². The first-order valence-electron chi connectivity index (χ1n) is 11.1. The minimum atomic E-state index is -1.44. The van der Waals surface area contributed by atoms with Crippen LogP contribution in [0.25, 0.3) is 0 Å². The Balaban J connectivity index is 1.81. The number of aliphatic hydroxyl groups excluding tert-OH is 2. The zero-order chi connectivity index (χ0) is 26.1. The minimum Gasteiger partial charge on any atom is -0.395 e. The minimum absolute atomic E-state index is 0.0487. The number of amides is 1. The maximum Gasteiger partial charge on any atom is 0.277 e. The van der Waals surface area contributed by atoms with Crippen LogP contribution in [0.1, 0.15) is 28.8 Å². The highest BCUT2D eigenvalue weighted by atomic mass is 127. The zero-order valence-electron chi connectivity index (χ0n) is 19.1. The summed E-state index contributed by atoms with van der Waals surface area (Å²) < 4.78 is 44.8. The standard InChI is InChI=1S/C23H26F3IN4O5/c24-18-11-15(27)3-4-19(18)29-22-17(23(34)30-36-9-7-32)10-14(20(25)21(22)26)12-28-35-8-6-31-5-1-2-16(31)13-33/h3-4,10-12,16,29,32-33H,1-2,5-9,13H2,(H,30,34). The summed E-state index contributed by atoms with van der Waals surface area (Å²) >= 11 is 1.89. The molecule has 0 saturated carbocycles. The Labute approximate surface area is 219 Å². The Bertz CT molecular complexity index is 1090. The molecule has 4 N–H and O–H groups in total. The molecule has 1 saturated heterocycles. The quantitative estimate of drug-likeness (QED) is 0.125. The Morgan fingerprint density at radius 2 is 2.03 bits per heavy atom. The molecule has 1 unspecified atom stereocenters. The van der Waals surface area contributed by atoms with Gasteiger partial charge in [-0.25, -0.2) is 18.7 Å². The van der Waals surface area contributed by atoms with Crippen LogP contribution in [0.3, 0.4) is 0 Å². The van der Waals surface area contributed by atoms with Gasteiger partial charge in [-0.05, 0) is 66.2 Å². The average molecular weight is 622 g/mol. The Hall–Kier alpha value is -2.46. The maximum atomic E-state index is 15.1. The van der Waals surface area contributed by atoms with Gasteiger partial charge in [0.05, 0.1) is 43.0 Å². The van der Waals surface area contributed by atoms with Crippen LogP contribution in [0.2, 0.25) is 0 Å². The lowest BCUT2D eigenvalue weighted by molar-refractivity contribution is 0.0168. The molecule has 13 heteroatoms. The topological polar surface area (TPSA) is 116 Å². The largest absolute Gasteiger partial charge is 0.395 e. The number of benzene rings is 2. The Morgan fingerprint density at radius 1 is 1.22 bits per heavy atom. The fraction of sp³-hybridized carbons (Fsp3) is 0.391. The van der Waals surface area contributed by atoms with Gasteiger partial charge in [0.15, 0.2) is 11.6 Å². The monoisotopic (exact) mass is 622 g/mol. The second kappa shape index (κ2) is 13.7. The number of hydroxylamine groups is 1. The van der Waals surface area contributed by atoms with Gasteiger partial charge < -0.3 is 20.4 Å². The number of hydrogen-bond acceptors (Lipinski definition) is 8. The molecule has 0 bridgehead atoms. The molecule has 2 aromatic rings. The van der Waals surface area contributed by atoms with Gasteiger partial charge in [-0.15, -0.1) is 0 Å². The summed E-state index contributed by atoms with van der Waals surface area (Å²) in [4.78, 5) is 24.6. The molecule has 3 rings (SSSR count). The molecule has 196 valence electrons. The van der Waals surface area contributed by atoms with E-state index >= 15 is 4.39 Å². The molecule has 2 aromatic carbocycles. The van der Waals surface area contributed by atoms with E-state index in [0.717, 1.165) is 31.7 Å². The number of carbonyl (C=O) groups excluding carboxylic acids is 1. The third kappa shape index (κ3) is 7.29. The van der Waals surface area contributed by atoms with Gasteiger partial charge in [0.1, 0.15) is 12.4 Å². The second-order valence-electron chi connectivity index (χ2n) is 7.85. The normalized spacial score (nSPS) is 16.0. The molecule has 0 aromatic heterocycles. The van der Waals surface area contributed by atoms with Crippen LogP contribution >= 0.6 is 22.6 Å². The summed E-state index contributed by atoms with van der Waals surface area (Å²) in [7, 11) is 0. The van der Waals surface area contributed by atoms with E-state index in [1.165, 1.54) is 12.1 Å². The van der Waals surface area contributed by atoms with Crippen molar-refractivity contribution in [2.45, 2.75) is 18.9 Å². The second-order valence-corrected chi connectivity index (χ2v) is 9.10. The fourth-order valence-corrected chi connectivity index (χ4v) is 4.14. The van der Waals surface area contributed by atoms with Gasteiger partial charge in [0, 0.05) is 21.7 Å². The van der Waals surface area contributed by atoms with Gasteiger partial charge in [-0.1, -0.05) is 5.16 Å². The zero-order valence-corrected chi connectivity index (χ0v) is 21.3. The lowest BCUT2D eigenvalue weighted by Gasteiger charge is -2.21. The van der Waals surface area contributed by atoms with Crippen molar-refractivity contribution in [3.63, 3.8) is 0 Å². The first-order valence-corrected chi connectivity index (χ1v) is 12.2. The van der Waals surface area contributed by atoms with Crippen LogP contribution in [0.15, 0.2) is 29.4 Å². The van der Waals surface area contributed by atoms with Crippen LogP contribution in [-0.4, -0.2) is 72.8 Å². The highest BCUT2D eigenvalue weighted by molar-refractivity contribution is 14.1. The number of aliphatic hydroxyl groups is 2. The summed E-state index contributed by atoms with van der Waals surface area (Å²) in [6, 6.07) is 5.13. The van der Waals surface area contributed by atoms with Crippen LogP contribution in [0.5, 0.6) is 0 Å². The Morgan fingerprint density at radius 3 is 2.75 bits per heavy atom. The molecule has 1 heterocycles. The van der Waals surface area contributed by atoms with E-state index in [9.17, 15) is 18.7 Å². The van der Waals surface area contributed by atoms with E-state index in [2.05, 4.69) is 15.4 Å². The van der Waals surface area contributed by atoms with Crippen molar-refractivity contribution in [1.82, 2.24) is 10.4 Å². The van der Waals surface area contributed by atoms with E-state index < -0.39 is 34.6 Å². The summed E-state index contributed by atoms with van der Waals surface area (Å²) in [6.07, 6.45) is 2.79. The predicted molar refractivity (Wildman–Crippen MR) is 134 cm³/mol. The number of halogens is 4. The summed E-state index contributed by atoms with van der Waals surface area (Å²) in [5, 5.41) is 24.3. The molecule has 1 fully saturated rings.